The third kappa shape index (κ3) is 4.51. The lowest BCUT2D eigenvalue weighted by Crippen LogP contribution is -2.41. The maximum atomic E-state index is 11.5. The maximum Gasteiger partial charge on any atom is 0.309 e. The number of carbonyl (C=O) groups excluding carboxylic acids is 2. The molecule has 0 aliphatic heterocycles. The summed E-state index contributed by atoms with van der Waals surface area (Å²) >= 11 is 5.84. The predicted octanol–water partition coefficient (Wildman–Crippen LogP) is 1.16. The highest BCUT2D eigenvalue weighted by Gasteiger charge is 2.26. The minimum absolute atomic E-state index is 0.158. The molecule has 1 aromatic carbocycles. The van der Waals surface area contributed by atoms with Gasteiger partial charge >= 0.3 is 11.8 Å². The Labute approximate surface area is 122 Å². The van der Waals surface area contributed by atoms with Crippen LogP contribution in [0.5, 0.6) is 0 Å². The van der Waals surface area contributed by atoms with Gasteiger partial charge in [-0.05, 0) is 37.0 Å². The monoisotopic (exact) mass is 296 g/mol. The molecule has 20 heavy (non-hydrogen) atoms. The van der Waals surface area contributed by atoms with Gasteiger partial charge in [0.05, 0.1) is 6.10 Å². The third-order valence-corrected chi connectivity index (χ3v) is 3.29. The summed E-state index contributed by atoms with van der Waals surface area (Å²) in [4.78, 5) is 22.8. The van der Waals surface area contributed by atoms with Crippen molar-refractivity contribution in [3.63, 3.8) is 0 Å². The first-order valence-corrected chi connectivity index (χ1v) is 6.96. The normalized spacial score (nSPS) is 15.5. The molecule has 1 fully saturated rings. The number of benzene rings is 1. The Hall–Kier alpha value is -1.59. The van der Waals surface area contributed by atoms with Crippen LogP contribution in [-0.4, -0.2) is 29.5 Å². The minimum atomic E-state index is -0.722. The second-order valence-electron chi connectivity index (χ2n) is 4.86. The van der Waals surface area contributed by atoms with Gasteiger partial charge in [0.2, 0.25) is 0 Å². The van der Waals surface area contributed by atoms with Gasteiger partial charge in [0.25, 0.3) is 0 Å². The van der Waals surface area contributed by atoms with E-state index >= 15 is 0 Å². The molecule has 2 rings (SSSR count). The first kappa shape index (κ1) is 14.8. The van der Waals surface area contributed by atoms with Gasteiger partial charge in [0.15, 0.2) is 0 Å². The molecule has 1 atom stereocenters. The van der Waals surface area contributed by atoms with E-state index < -0.39 is 17.9 Å². The van der Waals surface area contributed by atoms with Crippen molar-refractivity contribution < 1.29 is 14.7 Å². The predicted molar refractivity (Wildman–Crippen MR) is 75.2 cm³/mol. The molecular formula is C14H17ClN2O3. The van der Waals surface area contributed by atoms with E-state index in [0.29, 0.717) is 17.0 Å². The Balaban J connectivity index is 1.71. The highest BCUT2D eigenvalue weighted by Crippen LogP contribution is 2.20. The molecule has 0 heterocycles. The van der Waals surface area contributed by atoms with Crippen molar-refractivity contribution in [3.05, 3.63) is 34.9 Å². The summed E-state index contributed by atoms with van der Waals surface area (Å²) in [5.74, 6) is -1.26. The van der Waals surface area contributed by atoms with E-state index in [-0.39, 0.29) is 12.6 Å². The summed E-state index contributed by atoms with van der Waals surface area (Å²) in [5.41, 5.74) is 0.689. The van der Waals surface area contributed by atoms with Crippen molar-refractivity contribution in [2.45, 2.75) is 31.4 Å². The van der Waals surface area contributed by atoms with Crippen LogP contribution in [0.25, 0.3) is 0 Å². The second kappa shape index (κ2) is 6.72. The molecule has 1 aromatic rings. The van der Waals surface area contributed by atoms with E-state index in [2.05, 4.69) is 10.6 Å². The number of hydrogen-bond acceptors (Lipinski definition) is 3. The fraction of sp³-hybridized carbons (Fsp3) is 0.429. The van der Waals surface area contributed by atoms with E-state index in [4.69, 9.17) is 11.6 Å². The maximum absolute atomic E-state index is 11.5. The van der Waals surface area contributed by atoms with E-state index in [0.717, 1.165) is 12.8 Å². The number of rotatable bonds is 5. The van der Waals surface area contributed by atoms with Crippen molar-refractivity contribution in [1.29, 1.82) is 0 Å². The molecule has 0 radical (unpaired) electrons. The number of halogens is 1. The zero-order valence-corrected chi connectivity index (χ0v) is 11.7. The van der Waals surface area contributed by atoms with Crippen LogP contribution in [0.3, 0.4) is 0 Å². The summed E-state index contributed by atoms with van der Waals surface area (Å²) in [6.45, 7) is 0.227. The fourth-order valence-corrected chi connectivity index (χ4v) is 1.96. The quantitative estimate of drug-likeness (QED) is 0.714. The molecule has 1 aliphatic rings. The smallest absolute Gasteiger partial charge is 0.309 e. The average Bonchev–Trinajstić information content (AvgIpc) is 3.22. The van der Waals surface area contributed by atoms with E-state index in [1.807, 2.05) is 0 Å². The Kier molecular flexibility index (Phi) is 4.98. The SMILES string of the molecule is O=C(NCC[C@@H](O)c1cccc(Cl)c1)C(=O)NC1CC1. The first-order valence-electron chi connectivity index (χ1n) is 6.58. The highest BCUT2D eigenvalue weighted by atomic mass is 35.5. The van der Waals surface area contributed by atoms with E-state index in [1.165, 1.54) is 0 Å². The van der Waals surface area contributed by atoms with Crippen LogP contribution < -0.4 is 10.6 Å². The number of aliphatic hydroxyl groups excluding tert-OH is 1. The molecule has 0 spiro atoms. The van der Waals surface area contributed by atoms with Gasteiger partial charge in [-0.25, -0.2) is 0 Å². The lowest BCUT2D eigenvalue weighted by Gasteiger charge is -2.12. The summed E-state index contributed by atoms with van der Waals surface area (Å²) in [6, 6.07) is 7.07. The molecule has 1 saturated carbocycles. The zero-order chi connectivity index (χ0) is 14.5. The van der Waals surface area contributed by atoms with Crippen LogP contribution in [0, 0.1) is 0 Å². The van der Waals surface area contributed by atoms with Crippen molar-refractivity contribution >= 4 is 23.4 Å². The third-order valence-electron chi connectivity index (χ3n) is 3.06. The molecule has 0 aromatic heterocycles. The minimum Gasteiger partial charge on any atom is -0.388 e. The van der Waals surface area contributed by atoms with Crippen LogP contribution in [0.2, 0.25) is 5.02 Å². The van der Waals surface area contributed by atoms with Crippen molar-refractivity contribution in [1.82, 2.24) is 10.6 Å². The second-order valence-corrected chi connectivity index (χ2v) is 5.30. The van der Waals surface area contributed by atoms with Gasteiger partial charge in [0.1, 0.15) is 0 Å². The fourth-order valence-electron chi connectivity index (χ4n) is 1.76. The molecule has 0 saturated heterocycles. The van der Waals surface area contributed by atoms with Crippen molar-refractivity contribution in [3.8, 4) is 0 Å². The van der Waals surface area contributed by atoms with Crippen molar-refractivity contribution in [2.75, 3.05) is 6.54 Å². The summed E-state index contributed by atoms with van der Waals surface area (Å²) in [7, 11) is 0. The lowest BCUT2D eigenvalue weighted by atomic mass is 10.1. The Morgan fingerprint density at radius 3 is 2.75 bits per heavy atom. The van der Waals surface area contributed by atoms with Gasteiger partial charge in [-0.1, -0.05) is 23.7 Å². The number of nitrogens with one attached hydrogen (secondary N) is 2. The highest BCUT2D eigenvalue weighted by molar-refractivity contribution is 6.35. The van der Waals surface area contributed by atoms with Gasteiger partial charge in [-0.2, -0.15) is 0 Å². The number of aliphatic hydroxyl groups is 1. The van der Waals surface area contributed by atoms with E-state index in [1.54, 1.807) is 24.3 Å². The summed E-state index contributed by atoms with van der Waals surface area (Å²) in [6.07, 6.45) is 1.47. The molecular weight excluding hydrogens is 280 g/mol. The number of amides is 2. The lowest BCUT2D eigenvalue weighted by molar-refractivity contribution is -0.139. The molecule has 0 bridgehead atoms. The van der Waals surface area contributed by atoms with Crippen molar-refractivity contribution in [2.24, 2.45) is 0 Å². The van der Waals surface area contributed by atoms with Crippen LogP contribution in [-0.2, 0) is 9.59 Å². The Morgan fingerprint density at radius 1 is 1.35 bits per heavy atom. The molecule has 3 N–H and O–H groups in total. The molecule has 108 valence electrons. The Morgan fingerprint density at radius 2 is 2.10 bits per heavy atom. The molecule has 5 nitrogen and oxygen atoms in total. The van der Waals surface area contributed by atoms with Crippen LogP contribution in [0.15, 0.2) is 24.3 Å². The molecule has 2 amide bonds. The number of carbonyl (C=O) groups is 2. The molecule has 6 heteroatoms. The number of hydrogen-bond donors (Lipinski definition) is 3. The van der Waals surface area contributed by atoms with Crippen LogP contribution in [0.4, 0.5) is 0 Å². The van der Waals surface area contributed by atoms with Gasteiger partial charge in [-0.3, -0.25) is 9.59 Å². The summed E-state index contributed by atoms with van der Waals surface area (Å²) < 4.78 is 0. The average molecular weight is 297 g/mol. The Bertz CT molecular complexity index is 503. The standard InChI is InChI=1S/C14H17ClN2O3/c15-10-3-1-2-9(8-10)12(18)6-7-16-13(19)14(20)17-11-4-5-11/h1-3,8,11-12,18H,4-7H2,(H,16,19)(H,17,20)/t12-/m1/s1. The van der Waals surface area contributed by atoms with Gasteiger partial charge in [-0.15, -0.1) is 0 Å². The van der Waals surface area contributed by atoms with Gasteiger partial charge < -0.3 is 15.7 Å². The first-order chi connectivity index (χ1) is 9.56. The van der Waals surface area contributed by atoms with Crippen LogP contribution >= 0.6 is 11.6 Å². The topological polar surface area (TPSA) is 78.4 Å². The van der Waals surface area contributed by atoms with E-state index in [9.17, 15) is 14.7 Å². The largest absolute Gasteiger partial charge is 0.388 e. The zero-order valence-electron chi connectivity index (χ0n) is 10.9. The molecule has 0 unspecified atom stereocenters. The molecule has 1 aliphatic carbocycles. The summed E-state index contributed by atoms with van der Waals surface area (Å²) in [5, 5.41) is 15.6. The van der Waals surface area contributed by atoms with Crippen LogP contribution in [0.1, 0.15) is 30.9 Å². The van der Waals surface area contributed by atoms with Gasteiger partial charge in [0, 0.05) is 17.6 Å².